The maximum atomic E-state index is 6.07. The van der Waals surface area contributed by atoms with Gasteiger partial charge >= 0.3 is 0 Å². The molecule has 0 aliphatic carbocycles. The second kappa shape index (κ2) is 10.2. The van der Waals surface area contributed by atoms with E-state index in [1.165, 1.54) is 11.1 Å². The van der Waals surface area contributed by atoms with Crippen molar-refractivity contribution in [1.29, 1.82) is 0 Å². The summed E-state index contributed by atoms with van der Waals surface area (Å²) in [5, 5.41) is 0. The van der Waals surface area contributed by atoms with Gasteiger partial charge in [0.15, 0.2) is 11.5 Å². The van der Waals surface area contributed by atoms with Crippen molar-refractivity contribution in [2.24, 2.45) is 0 Å². The van der Waals surface area contributed by atoms with Crippen molar-refractivity contribution in [3.8, 4) is 11.5 Å². The van der Waals surface area contributed by atoms with Gasteiger partial charge in [-0.05, 0) is 34.9 Å². The Morgan fingerprint density at radius 1 is 0.767 bits per heavy atom. The summed E-state index contributed by atoms with van der Waals surface area (Å²) in [4.78, 5) is 9.22. The van der Waals surface area contributed by atoms with Gasteiger partial charge in [-0.3, -0.25) is 14.8 Å². The van der Waals surface area contributed by atoms with Crippen LogP contribution in [0.15, 0.2) is 73.1 Å². The first kappa shape index (κ1) is 20.4. The predicted molar refractivity (Wildman–Crippen MR) is 119 cm³/mol. The molecule has 5 heteroatoms. The van der Waals surface area contributed by atoms with Gasteiger partial charge in [-0.2, -0.15) is 0 Å². The van der Waals surface area contributed by atoms with Crippen LogP contribution in [0.5, 0.6) is 11.5 Å². The van der Waals surface area contributed by atoms with Crippen LogP contribution >= 0.6 is 0 Å². The van der Waals surface area contributed by atoms with E-state index < -0.39 is 0 Å². The summed E-state index contributed by atoms with van der Waals surface area (Å²) in [6.07, 6.45) is 3.79. The molecule has 1 aliphatic rings. The largest absolute Gasteiger partial charge is 0.493 e. The summed E-state index contributed by atoms with van der Waals surface area (Å²) in [5.41, 5.74) is 3.68. The van der Waals surface area contributed by atoms with Crippen LogP contribution in [0.1, 0.15) is 16.7 Å². The Morgan fingerprint density at radius 3 is 2.13 bits per heavy atom. The van der Waals surface area contributed by atoms with E-state index in [1.807, 2.05) is 42.7 Å². The van der Waals surface area contributed by atoms with Crippen LogP contribution in [0.25, 0.3) is 0 Å². The molecule has 156 valence electrons. The number of methoxy groups -OCH3 is 1. The zero-order valence-corrected chi connectivity index (χ0v) is 17.5. The van der Waals surface area contributed by atoms with E-state index in [9.17, 15) is 0 Å². The Hall–Kier alpha value is -2.89. The first-order valence-electron chi connectivity index (χ1n) is 10.5. The van der Waals surface area contributed by atoms with Gasteiger partial charge in [-0.25, -0.2) is 0 Å². The van der Waals surface area contributed by atoms with Crippen molar-refractivity contribution in [2.75, 3.05) is 33.3 Å². The molecule has 0 unspecified atom stereocenters. The third-order valence-corrected chi connectivity index (χ3v) is 5.47. The lowest BCUT2D eigenvalue weighted by Gasteiger charge is -2.34. The molecule has 0 atom stereocenters. The molecule has 1 saturated heterocycles. The molecule has 4 rings (SSSR count). The lowest BCUT2D eigenvalue weighted by atomic mass is 10.1. The molecule has 5 nitrogen and oxygen atoms in total. The molecule has 1 aliphatic heterocycles. The van der Waals surface area contributed by atoms with Gasteiger partial charge in [-0.1, -0.05) is 42.5 Å². The van der Waals surface area contributed by atoms with Crippen LogP contribution in [0.2, 0.25) is 0 Å². The van der Waals surface area contributed by atoms with E-state index in [0.717, 1.165) is 56.3 Å². The van der Waals surface area contributed by atoms with Crippen LogP contribution in [-0.2, 0) is 19.7 Å². The van der Waals surface area contributed by atoms with Gasteiger partial charge in [-0.15, -0.1) is 0 Å². The van der Waals surface area contributed by atoms with Crippen LogP contribution in [0.3, 0.4) is 0 Å². The molecule has 0 bridgehead atoms. The van der Waals surface area contributed by atoms with Crippen LogP contribution in [0.4, 0.5) is 0 Å². The predicted octanol–water partition coefficient (Wildman–Crippen LogP) is 3.99. The van der Waals surface area contributed by atoms with Gasteiger partial charge in [0.25, 0.3) is 0 Å². The number of aromatic nitrogens is 1. The molecule has 1 fully saturated rings. The second-order valence-electron chi connectivity index (χ2n) is 7.67. The molecule has 2 aromatic carbocycles. The first-order chi connectivity index (χ1) is 14.8. The van der Waals surface area contributed by atoms with Gasteiger partial charge in [0.2, 0.25) is 0 Å². The van der Waals surface area contributed by atoms with E-state index in [2.05, 4.69) is 45.1 Å². The lowest BCUT2D eigenvalue weighted by molar-refractivity contribution is 0.122. The number of hydrogen-bond acceptors (Lipinski definition) is 5. The zero-order valence-electron chi connectivity index (χ0n) is 17.5. The minimum atomic E-state index is 0.535. The number of piperazine rings is 1. The Labute approximate surface area is 178 Å². The standard InChI is InChI=1S/C25H29N3O2/c1-29-24-10-9-22(16-25(24)30-20-21-6-3-2-4-7-21)18-27-12-14-28(15-13-27)19-23-8-5-11-26-17-23/h2-11,16-17H,12-15,18-20H2,1H3. The lowest BCUT2D eigenvalue weighted by Crippen LogP contribution is -2.45. The highest BCUT2D eigenvalue weighted by Crippen LogP contribution is 2.29. The number of hydrogen-bond donors (Lipinski definition) is 0. The third-order valence-electron chi connectivity index (χ3n) is 5.47. The van der Waals surface area contributed by atoms with Crippen molar-refractivity contribution in [3.63, 3.8) is 0 Å². The molecule has 0 saturated carbocycles. The molecule has 0 spiro atoms. The number of rotatable bonds is 8. The monoisotopic (exact) mass is 403 g/mol. The Balaban J connectivity index is 1.32. The summed E-state index contributed by atoms with van der Waals surface area (Å²) < 4.78 is 11.6. The summed E-state index contributed by atoms with van der Waals surface area (Å²) in [5.74, 6) is 1.57. The molecule has 3 aromatic rings. The van der Waals surface area contributed by atoms with Gasteiger partial charge in [0.05, 0.1) is 7.11 Å². The van der Waals surface area contributed by atoms with Gasteiger partial charge in [0.1, 0.15) is 6.61 Å². The summed E-state index contributed by atoms with van der Waals surface area (Å²) in [7, 11) is 1.69. The van der Waals surface area contributed by atoms with Crippen LogP contribution in [-0.4, -0.2) is 48.1 Å². The summed E-state index contributed by atoms with van der Waals surface area (Å²) >= 11 is 0. The van der Waals surface area contributed by atoms with E-state index in [4.69, 9.17) is 9.47 Å². The number of pyridine rings is 1. The van der Waals surface area contributed by atoms with Gasteiger partial charge < -0.3 is 9.47 Å². The highest BCUT2D eigenvalue weighted by molar-refractivity contribution is 5.43. The topological polar surface area (TPSA) is 37.8 Å². The van der Waals surface area contributed by atoms with E-state index in [-0.39, 0.29) is 0 Å². The quantitative estimate of drug-likeness (QED) is 0.569. The molecule has 2 heterocycles. The maximum Gasteiger partial charge on any atom is 0.161 e. The average Bonchev–Trinajstić information content (AvgIpc) is 2.80. The molecule has 30 heavy (non-hydrogen) atoms. The van der Waals surface area contributed by atoms with E-state index in [1.54, 1.807) is 7.11 Å². The highest BCUT2D eigenvalue weighted by Gasteiger charge is 2.18. The maximum absolute atomic E-state index is 6.07. The molecule has 0 radical (unpaired) electrons. The van der Waals surface area contributed by atoms with Crippen LogP contribution in [0, 0.1) is 0 Å². The SMILES string of the molecule is COc1ccc(CN2CCN(Cc3cccnc3)CC2)cc1OCc1ccccc1. The fourth-order valence-corrected chi connectivity index (χ4v) is 3.78. The van der Waals surface area contributed by atoms with Crippen molar-refractivity contribution < 1.29 is 9.47 Å². The van der Waals surface area contributed by atoms with Crippen molar-refractivity contribution in [1.82, 2.24) is 14.8 Å². The Kier molecular flexibility index (Phi) is 6.95. The molecular weight excluding hydrogens is 374 g/mol. The molecule has 0 amide bonds. The second-order valence-corrected chi connectivity index (χ2v) is 7.67. The number of ether oxygens (including phenoxy) is 2. The Morgan fingerprint density at radius 2 is 1.47 bits per heavy atom. The average molecular weight is 404 g/mol. The zero-order chi connectivity index (χ0) is 20.6. The fourth-order valence-electron chi connectivity index (χ4n) is 3.78. The smallest absolute Gasteiger partial charge is 0.161 e. The number of benzene rings is 2. The number of nitrogens with zero attached hydrogens (tertiary/aromatic N) is 3. The summed E-state index contributed by atoms with van der Waals surface area (Å²) in [6.45, 7) is 6.70. The molecule has 0 N–H and O–H groups in total. The summed E-state index contributed by atoms with van der Waals surface area (Å²) in [6, 6.07) is 20.6. The molecule has 1 aromatic heterocycles. The van der Waals surface area contributed by atoms with Gasteiger partial charge in [0, 0.05) is 51.7 Å². The van der Waals surface area contributed by atoms with Crippen LogP contribution < -0.4 is 9.47 Å². The third kappa shape index (κ3) is 5.59. The fraction of sp³-hybridized carbons (Fsp3) is 0.320. The van der Waals surface area contributed by atoms with Crippen molar-refractivity contribution >= 4 is 0 Å². The van der Waals surface area contributed by atoms with E-state index in [0.29, 0.717) is 6.61 Å². The van der Waals surface area contributed by atoms with E-state index >= 15 is 0 Å². The molecular formula is C25H29N3O2. The van der Waals surface area contributed by atoms with Crippen molar-refractivity contribution in [3.05, 3.63) is 89.7 Å². The minimum Gasteiger partial charge on any atom is -0.493 e. The first-order valence-corrected chi connectivity index (χ1v) is 10.5. The highest BCUT2D eigenvalue weighted by atomic mass is 16.5. The normalized spacial score (nSPS) is 15.1. The minimum absolute atomic E-state index is 0.535. The Bertz CT molecular complexity index is 910. The van der Waals surface area contributed by atoms with Crippen molar-refractivity contribution in [2.45, 2.75) is 19.7 Å².